The summed E-state index contributed by atoms with van der Waals surface area (Å²) in [6.45, 7) is 9.91. The van der Waals surface area contributed by atoms with Crippen molar-refractivity contribution in [3.8, 4) is 34.1 Å². The number of nitrogens with one attached hydrogen (secondary N) is 2. The minimum atomic E-state index is -0.945. The Kier molecular flexibility index (Phi) is 12.2. The van der Waals surface area contributed by atoms with Crippen molar-refractivity contribution in [1.82, 2.24) is 29.2 Å². The van der Waals surface area contributed by atoms with Crippen LogP contribution in [-0.4, -0.2) is 90.1 Å². The number of halogens is 2. The molecule has 61 heavy (non-hydrogen) atoms. The van der Waals surface area contributed by atoms with Crippen molar-refractivity contribution in [1.29, 1.82) is 0 Å². The van der Waals surface area contributed by atoms with Crippen molar-refractivity contribution in [3.63, 3.8) is 0 Å². The van der Waals surface area contributed by atoms with E-state index in [9.17, 15) is 14.6 Å². The number of aromatic nitrogens is 6. The molecule has 0 saturated carbocycles. The van der Waals surface area contributed by atoms with Gasteiger partial charge in [-0.25, -0.2) is 23.4 Å². The fourth-order valence-electron chi connectivity index (χ4n) is 6.59. The average Bonchev–Trinajstić information content (AvgIpc) is 4.07. The minimum Gasteiger partial charge on any atom is -0.437 e. The van der Waals surface area contributed by atoms with E-state index in [1.54, 1.807) is 73.4 Å². The second-order valence-corrected chi connectivity index (χ2v) is 16.2. The van der Waals surface area contributed by atoms with E-state index in [1.165, 1.54) is 12.1 Å². The number of aliphatic hydroxyl groups is 2. The van der Waals surface area contributed by atoms with E-state index in [4.69, 9.17) is 35.3 Å². The van der Waals surface area contributed by atoms with Gasteiger partial charge in [-0.05, 0) is 39.8 Å². The molecule has 6 heterocycles. The lowest BCUT2D eigenvalue weighted by Crippen LogP contribution is -2.29. The molecule has 0 bridgehead atoms. The van der Waals surface area contributed by atoms with Crippen LogP contribution in [0.3, 0.4) is 0 Å². The van der Waals surface area contributed by atoms with Crippen molar-refractivity contribution in [2.75, 3.05) is 50.2 Å². The third kappa shape index (κ3) is 10.3. The topological polar surface area (TPSA) is 171 Å². The Balaban J connectivity index is 0.000000173. The number of benzene rings is 3. The van der Waals surface area contributed by atoms with Gasteiger partial charge >= 0.3 is 0 Å². The standard InChI is InChI=1S/C25H25FN4O4.C19H21ClN4O3/c1-25(2,31)15-28-20-13-22(34-19-5-3-4-18(26)12-19)29-30-21(14-27-23(20)30)16-6-8-17(9-7-16)24-32-10-11-33-24;1-19(2,25)11-22-14-9-16(20)23-24-15(10-21-17(14)24)12-3-5-13(6-4-12)18-26-7-8-27-18/h3-9,12-14,24,28,31H,10-11,15H2,1-2H3;3-6,9-10,18,22,25H,7-8,11H2,1-2H3. The van der Waals surface area contributed by atoms with Crippen LogP contribution in [0.4, 0.5) is 15.8 Å². The normalized spacial score (nSPS) is 15.0. The number of hydrogen-bond acceptors (Lipinski definition) is 13. The smallest absolute Gasteiger partial charge is 0.239 e. The molecule has 2 fully saturated rings. The molecule has 4 N–H and O–H groups in total. The zero-order valence-corrected chi connectivity index (χ0v) is 34.8. The van der Waals surface area contributed by atoms with Gasteiger partial charge in [0.1, 0.15) is 11.6 Å². The number of nitrogens with zero attached hydrogens (tertiary/aromatic N) is 6. The van der Waals surface area contributed by atoms with Crippen molar-refractivity contribution in [2.24, 2.45) is 0 Å². The summed E-state index contributed by atoms with van der Waals surface area (Å²) in [6, 6.07) is 25.0. The van der Waals surface area contributed by atoms with Crippen LogP contribution in [0, 0.1) is 5.82 Å². The van der Waals surface area contributed by atoms with Crippen LogP contribution in [0.25, 0.3) is 33.8 Å². The highest BCUT2D eigenvalue weighted by Gasteiger charge is 2.22. The summed E-state index contributed by atoms with van der Waals surface area (Å²) in [5.74, 6) is 0.167. The Labute approximate surface area is 356 Å². The van der Waals surface area contributed by atoms with Crippen LogP contribution in [0.1, 0.15) is 51.4 Å². The Morgan fingerprint density at radius 3 is 1.64 bits per heavy atom. The molecule has 9 rings (SSSR count). The Hall–Kier alpha value is -5.72. The molecule has 2 aliphatic rings. The van der Waals surface area contributed by atoms with Crippen LogP contribution >= 0.6 is 11.6 Å². The van der Waals surface area contributed by atoms with Gasteiger partial charge < -0.3 is 44.5 Å². The monoisotopic (exact) mass is 852 g/mol. The second-order valence-electron chi connectivity index (χ2n) is 15.8. The number of fused-ring (bicyclic) bond motifs is 2. The summed E-state index contributed by atoms with van der Waals surface area (Å²) in [7, 11) is 0. The largest absolute Gasteiger partial charge is 0.437 e. The number of ether oxygens (including phenoxy) is 5. The van der Waals surface area contributed by atoms with Gasteiger partial charge in [0.25, 0.3) is 0 Å². The highest BCUT2D eigenvalue weighted by molar-refractivity contribution is 6.29. The average molecular weight is 853 g/mol. The van der Waals surface area contributed by atoms with E-state index in [1.807, 2.05) is 48.5 Å². The number of rotatable bonds is 12. The summed E-state index contributed by atoms with van der Waals surface area (Å²) < 4.78 is 45.1. The SMILES string of the molecule is CC(C)(O)CNc1cc(Cl)nn2c(-c3ccc(C4OCCO4)cc3)cnc12.CC(C)(O)CNc1cc(Oc2cccc(F)c2)nn2c(-c3ccc(C4OCCO4)cc3)cnc12. The molecule has 2 saturated heterocycles. The molecule has 0 amide bonds. The molecule has 17 heteroatoms. The maximum Gasteiger partial charge on any atom is 0.239 e. The van der Waals surface area contributed by atoms with E-state index in [2.05, 4.69) is 30.8 Å². The zero-order chi connectivity index (χ0) is 42.7. The van der Waals surface area contributed by atoms with Gasteiger partial charge in [-0.2, -0.15) is 5.10 Å². The number of hydrogen-bond donors (Lipinski definition) is 4. The Bertz CT molecular complexity index is 2600. The maximum atomic E-state index is 13.7. The van der Waals surface area contributed by atoms with E-state index < -0.39 is 17.0 Å². The highest BCUT2D eigenvalue weighted by Crippen LogP contribution is 2.32. The fourth-order valence-corrected chi connectivity index (χ4v) is 6.77. The fraction of sp³-hybridized carbons (Fsp3) is 0.318. The lowest BCUT2D eigenvalue weighted by Gasteiger charge is -2.19. The van der Waals surface area contributed by atoms with Gasteiger partial charge in [-0.1, -0.05) is 66.2 Å². The molecule has 7 aromatic rings. The molecule has 2 aliphatic heterocycles. The summed E-state index contributed by atoms with van der Waals surface area (Å²) >= 11 is 6.21. The first kappa shape index (κ1) is 42.0. The number of imidazole rings is 2. The summed E-state index contributed by atoms with van der Waals surface area (Å²) in [6.07, 6.45) is 2.83. The third-order valence-electron chi connectivity index (χ3n) is 9.53. The van der Waals surface area contributed by atoms with Gasteiger partial charge in [-0.15, -0.1) is 5.10 Å². The molecular weight excluding hydrogens is 807 g/mol. The quantitative estimate of drug-likeness (QED) is 0.0939. The molecular formula is C44H46ClFN8O7. The van der Waals surface area contributed by atoms with Crippen LogP contribution in [0.5, 0.6) is 11.6 Å². The number of anilines is 2. The molecule has 0 atom stereocenters. The maximum absolute atomic E-state index is 13.7. The van der Waals surface area contributed by atoms with Crippen LogP contribution in [0.15, 0.2) is 97.3 Å². The van der Waals surface area contributed by atoms with Crippen LogP contribution in [0.2, 0.25) is 5.15 Å². The first-order valence-corrected chi connectivity index (χ1v) is 20.1. The molecule has 3 aromatic carbocycles. The summed E-state index contributed by atoms with van der Waals surface area (Å²) in [5.41, 5.74) is 6.06. The van der Waals surface area contributed by atoms with Gasteiger partial charge in [0, 0.05) is 53.5 Å². The first-order chi connectivity index (χ1) is 29.3. The minimum absolute atomic E-state index is 0.250. The predicted molar refractivity (Wildman–Crippen MR) is 227 cm³/mol. The van der Waals surface area contributed by atoms with E-state index in [0.717, 1.165) is 33.6 Å². The Morgan fingerprint density at radius 1 is 0.689 bits per heavy atom. The van der Waals surface area contributed by atoms with Crippen LogP contribution < -0.4 is 15.4 Å². The van der Waals surface area contributed by atoms with Crippen LogP contribution in [-0.2, 0) is 18.9 Å². The molecule has 318 valence electrons. The van der Waals surface area contributed by atoms with E-state index >= 15 is 0 Å². The third-order valence-corrected chi connectivity index (χ3v) is 9.71. The predicted octanol–water partition coefficient (Wildman–Crippen LogP) is 7.83. The lowest BCUT2D eigenvalue weighted by molar-refractivity contribution is -0.0443. The van der Waals surface area contributed by atoms with Gasteiger partial charge in [0.15, 0.2) is 29.0 Å². The van der Waals surface area contributed by atoms with Crippen molar-refractivity contribution < 1.29 is 38.3 Å². The summed E-state index contributed by atoms with van der Waals surface area (Å²) in [5, 5.41) is 35.9. The summed E-state index contributed by atoms with van der Waals surface area (Å²) in [4.78, 5) is 9.03. The molecule has 4 aromatic heterocycles. The second kappa shape index (κ2) is 17.7. The first-order valence-electron chi connectivity index (χ1n) is 19.7. The van der Waals surface area contributed by atoms with E-state index in [-0.39, 0.29) is 25.0 Å². The molecule has 0 radical (unpaired) electrons. The van der Waals surface area contributed by atoms with Gasteiger partial charge in [0.2, 0.25) is 5.88 Å². The van der Waals surface area contributed by atoms with Gasteiger partial charge in [0.05, 0.1) is 72.8 Å². The highest BCUT2D eigenvalue weighted by atomic mass is 35.5. The molecule has 0 spiro atoms. The van der Waals surface area contributed by atoms with Gasteiger partial charge in [-0.3, -0.25) is 0 Å². The zero-order valence-electron chi connectivity index (χ0n) is 34.0. The lowest BCUT2D eigenvalue weighted by atomic mass is 10.1. The van der Waals surface area contributed by atoms with Crippen molar-refractivity contribution in [3.05, 3.63) is 119 Å². The molecule has 0 unspecified atom stereocenters. The van der Waals surface area contributed by atoms with E-state index in [0.29, 0.717) is 66.5 Å². The van der Waals surface area contributed by atoms with Crippen molar-refractivity contribution in [2.45, 2.75) is 51.5 Å². The molecule has 15 nitrogen and oxygen atoms in total. The molecule has 0 aliphatic carbocycles. The Morgan fingerprint density at radius 2 is 1.16 bits per heavy atom. The van der Waals surface area contributed by atoms with Crippen molar-refractivity contribution >= 4 is 34.3 Å².